The fourth-order valence-corrected chi connectivity index (χ4v) is 1.71. The molecule has 14 heavy (non-hydrogen) atoms. The lowest BCUT2D eigenvalue weighted by atomic mass is 9.93. The second-order valence-electron chi connectivity index (χ2n) is 5.11. The molecule has 2 nitrogen and oxygen atoms in total. The molecular weight excluding hydrogens is 176 g/mol. The Morgan fingerprint density at radius 1 is 1.07 bits per heavy atom. The van der Waals surface area contributed by atoms with Gasteiger partial charge in [0.25, 0.3) is 0 Å². The molecule has 0 spiro atoms. The standard InChI is InChI=1S/C12H24O2/c1-5-7-8-12(6-2)13-9-11(3,4)10-14-12/h5-10H2,1-4H3. The molecule has 0 amide bonds. The van der Waals surface area contributed by atoms with E-state index in [1.54, 1.807) is 0 Å². The Bertz CT molecular complexity index is 165. The van der Waals surface area contributed by atoms with Gasteiger partial charge in [-0.3, -0.25) is 0 Å². The molecule has 0 atom stereocenters. The maximum atomic E-state index is 5.91. The number of hydrogen-bond donors (Lipinski definition) is 0. The summed E-state index contributed by atoms with van der Waals surface area (Å²) in [5.41, 5.74) is 0.185. The van der Waals surface area contributed by atoms with E-state index in [1.165, 1.54) is 12.8 Å². The summed E-state index contributed by atoms with van der Waals surface area (Å²) in [6.45, 7) is 10.4. The van der Waals surface area contributed by atoms with E-state index < -0.39 is 0 Å². The van der Waals surface area contributed by atoms with Crippen LogP contribution in [-0.4, -0.2) is 19.0 Å². The van der Waals surface area contributed by atoms with Crippen LogP contribution >= 0.6 is 0 Å². The third-order valence-electron chi connectivity index (χ3n) is 2.90. The van der Waals surface area contributed by atoms with Crippen molar-refractivity contribution in [2.75, 3.05) is 13.2 Å². The van der Waals surface area contributed by atoms with Crippen LogP contribution < -0.4 is 0 Å². The molecule has 1 fully saturated rings. The van der Waals surface area contributed by atoms with Crippen LogP contribution in [0.2, 0.25) is 0 Å². The summed E-state index contributed by atoms with van der Waals surface area (Å²) in [6.07, 6.45) is 4.39. The summed E-state index contributed by atoms with van der Waals surface area (Å²) in [5.74, 6) is -0.272. The molecule has 0 unspecified atom stereocenters. The Kier molecular flexibility index (Phi) is 3.96. The molecule has 1 saturated heterocycles. The highest BCUT2D eigenvalue weighted by Gasteiger charge is 2.38. The molecule has 2 heteroatoms. The number of unbranched alkanes of at least 4 members (excludes halogenated alkanes) is 1. The van der Waals surface area contributed by atoms with E-state index in [0.717, 1.165) is 26.1 Å². The Morgan fingerprint density at radius 2 is 1.64 bits per heavy atom. The Labute approximate surface area is 88.0 Å². The second kappa shape index (κ2) is 4.63. The Morgan fingerprint density at radius 3 is 2.07 bits per heavy atom. The van der Waals surface area contributed by atoms with Gasteiger partial charge in [0, 0.05) is 11.8 Å². The first-order valence-corrected chi connectivity index (χ1v) is 5.81. The minimum absolute atomic E-state index is 0.185. The fraction of sp³-hybridized carbons (Fsp3) is 1.00. The van der Waals surface area contributed by atoms with Crippen LogP contribution in [0.3, 0.4) is 0 Å². The zero-order valence-corrected chi connectivity index (χ0v) is 10.1. The van der Waals surface area contributed by atoms with Gasteiger partial charge in [0.1, 0.15) is 0 Å². The first-order chi connectivity index (χ1) is 6.54. The van der Waals surface area contributed by atoms with Crippen LogP contribution in [-0.2, 0) is 9.47 Å². The lowest BCUT2D eigenvalue weighted by Gasteiger charge is -2.43. The topological polar surface area (TPSA) is 18.5 Å². The van der Waals surface area contributed by atoms with Gasteiger partial charge in [0.15, 0.2) is 5.79 Å². The number of hydrogen-bond acceptors (Lipinski definition) is 2. The van der Waals surface area contributed by atoms with Gasteiger partial charge in [0.2, 0.25) is 0 Å². The molecule has 0 radical (unpaired) electrons. The molecule has 0 N–H and O–H groups in total. The van der Waals surface area contributed by atoms with Crippen molar-refractivity contribution >= 4 is 0 Å². The van der Waals surface area contributed by atoms with Gasteiger partial charge >= 0.3 is 0 Å². The first-order valence-electron chi connectivity index (χ1n) is 5.81. The zero-order valence-electron chi connectivity index (χ0n) is 10.1. The van der Waals surface area contributed by atoms with Crippen molar-refractivity contribution < 1.29 is 9.47 Å². The third kappa shape index (κ3) is 2.96. The van der Waals surface area contributed by atoms with Gasteiger partial charge in [-0.15, -0.1) is 0 Å². The van der Waals surface area contributed by atoms with Crippen LogP contribution in [0.4, 0.5) is 0 Å². The van der Waals surface area contributed by atoms with Crippen molar-refractivity contribution in [1.82, 2.24) is 0 Å². The molecule has 0 aromatic heterocycles. The van der Waals surface area contributed by atoms with Crippen LogP contribution in [0.15, 0.2) is 0 Å². The van der Waals surface area contributed by atoms with Crippen LogP contribution in [0.1, 0.15) is 53.4 Å². The van der Waals surface area contributed by atoms with Gasteiger partial charge in [0.05, 0.1) is 13.2 Å². The third-order valence-corrected chi connectivity index (χ3v) is 2.90. The van der Waals surface area contributed by atoms with Crippen molar-refractivity contribution in [1.29, 1.82) is 0 Å². The van der Waals surface area contributed by atoms with Crippen LogP contribution in [0, 0.1) is 5.41 Å². The van der Waals surface area contributed by atoms with Gasteiger partial charge in [-0.2, -0.15) is 0 Å². The number of rotatable bonds is 4. The van der Waals surface area contributed by atoms with Crippen LogP contribution in [0.25, 0.3) is 0 Å². The smallest absolute Gasteiger partial charge is 0.168 e. The average molecular weight is 200 g/mol. The molecule has 84 valence electrons. The lowest BCUT2D eigenvalue weighted by Crippen LogP contribution is -2.47. The maximum absolute atomic E-state index is 5.91. The van der Waals surface area contributed by atoms with Crippen molar-refractivity contribution in [3.05, 3.63) is 0 Å². The van der Waals surface area contributed by atoms with E-state index in [2.05, 4.69) is 27.7 Å². The van der Waals surface area contributed by atoms with Gasteiger partial charge < -0.3 is 9.47 Å². The van der Waals surface area contributed by atoms with E-state index in [0.29, 0.717) is 0 Å². The highest BCUT2D eigenvalue weighted by atomic mass is 16.7. The quantitative estimate of drug-likeness (QED) is 0.693. The molecule has 0 aromatic rings. The van der Waals surface area contributed by atoms with Gasteiger partial charge in [-0.1, -0.05) is 34.1 Å². The van der Waals surface area contributed by atoms with Crippen molar-refractivity contribution in [3.63, 3.8) is 0 Å². The zero-order chi connectivity index (χ0) is 10.7. The minimum atomic E-state index is -0.272. The molecule has 1 rings (SSSR count). The second-order valence-corrected chi connectivity index (χ2v) is 5.11. The molecule has 1 aliphatic heterocycles. The van der Waals surface area contributed by atoms with E-state index in [1.807, 2.05) is 0 Å². The molecule has 0 saturated carbocycles. The largest absolute Gasteiger partial charge is 0.349 e. The highest BCUT2D eigenvalue weighted by molar-refractivity contribution is 4.79. The molecule has 0 bridgehead atoms. The molecular formula is C12H24O2. The maximum Gasteiger partial charge on any atom is 0.168 e. The van der Waals surface area contributed by atoms with E-state index in [-0.39, 0.29) is 11.2 Å². The lowest BCUT2D eigenvalue weighted by molar-refractivity contribution is -0.303. The number of ether oxygens (including phenoxy) is 2. The summed E-state index contributed by atoms with van der Waals surface area (Å²) in [5, 5.41) is 0. The molecule has 1 heterocycles. The van der Waals surface area contributed by atoms with Gasteiger partial charge in [-0.25, -0.2) is 0 Å². The summed E-state index contributed by atoms with van der Waals surface area (Å²) in [6, 6.07) is 0. The predicted octanol–water partition coefficient (Wildman–Crippen LogP) is 3.36. The minimum Gasteiger partial charge on any atom is -0.349 e. The van der Waals surface area contributed by atoms with Crippen LogP contribution in [0.5, 0.6) is 0 Å². The summed E-state index contributed by atoms with van der Waals surface area (Å²) < 4.78 is 11.8. The van der Waals surface area contributed by atoms with E-state index in [9.17, 15) is 0 Å². The molecule has 1 aliphatic rings. The SMILES string of the molecule is CCCCC1(CC)OCC(C)(C)CO1. The normalized spacial score (nSPS) is 24.9. The van der Waals surface area contributed by atoms with Crippen molar-refractivity contribution in [2.45, 2.75) is 59.2 Å². The highest BCUT2D eigenvalue weighted by Crippen LogP contribution is 2.34. The Hall–Kier alpha value is -0.0800. The van der Waals surface area contributed by atoms with Crippen molar-refractivity contribution in [3.8, 4) is 0 Å². The molecule has 0 aromatic carbocycles. The fourth-order valence-electron chi connectivity index (χ4n) is 1.71. The summed E-state index contributed by atoms with van der Waals surface area (Å²) in [4.78, 5) is 0. The van der Waals surface area contributed by atoms with Gasteiger partial charge in [-0.05, 0) is 12.8 Å². The van der Waals surface area contributed by atoms with E-state index >= 15 is 0 Å². The average Bonchev–Trinajstić information content (AvgIpc) is 2.18. The molecule has 0 aliphatic carbocycles. The van der Waals surface area contributed by atoms with E-state index in [4.69, 9.17) is 9.47 Å². The monoisotopic (exact) mass is 200 g/mol. The first kappa shape index (κ1) is 12.0. The predicted molar refractivity (Wildman–Crippen MR) is 58.2 cm³/mol. The van der Waals surface area contributed by atoms with Crippen molar-refractivity contribution in [2.24, 2.45) is 5.41 Å². The summed E-state index contributed by atoms with van der Waals surface area (Å²) >= 11 is 0. The Balaban J connectivity index is 2.48. The summed E-state index contributed by atoms with van der Waals surface area (Å²) in [7, 11) is 0.